The molecule has 0 aliphatic heterocycles. The van der Waals surface area contributed by atoms with Crippen LogP contribution in [0.15, 0.2) is 6.20 Å². The minimum absolute atomic E-state index is 0.0425. The second-order valence-electron chi connectivity index (χ2n) is 4.89. The molecule has 0 spiro atoms. The first-order valence-electron chi connectivity index (χ1n) is 6.45. The number of rotatable bonds is 5. The minimum Gasteiger partial charge on any atom is -0.368 e. The molecule has 2 rings (SSSR count). The van der Waals surface area contributed by atoms with Gasteiger partial charge in [-0.15, -0.1) is 0 Å². The normalized spacial score (nSPS) is 15.4. The third-order valence-corrected chi connectivity index (χ3v) is 3.37. The van der Waals surface area contributed by atoms with Crippen molar-refractivity contribution < 1.29 is 9.59 Å². The number of hydrogen-bond donors (Lipinski definition) is 1. The highest BCUT2D eigenvalue weighted by atomic mass is 16.1. The van der Waals surface area contributed by atoms with Crippen LogP contribution in [0.2, 0.25) is 0 Å². The summed E-state index contributed by atoms with van der Waals surface area (Å²) < 4.78 is 0. The van der Waals surface area contributed by atoms with Gasteiger partial charge in [-0.1, -0.05) is 12.8 Å². The van der Waals surface area contributed by atoms with E-state index in [0.717, 1.165) is 25.7 Å². The van der Waals surface area contributed by atoms with Crippen LogP contribution < -0.4 is 10.6 Å². The van der Waals surface area contributed by atoms with Gasteiger partial charge in [0.1, 0.15) is 11.6 Å². The van der Waals surface area contributed by atoms with E-state index >= 15 is 0 Å². The summed E-state index contributed by atoms with van der Waals surface area (Å²) in [5.41, 5.74) is 5.98. The second kappa shape index (κ2) is 5.77. The van der Waals surface area contributed by atoms with Gasteiger partial charge in [-0.3, -0.25) is 9.59 Å². The monoisotopic (exact) mass is 262 g/mol. The molecule has 1 aliphatic carbocycles. The fourth-order valence-electron chi connectivity index (χ4n) is 2.54. The van der Waals surface area contributed by atoms with Gasteiger partial charge in [-0.2, -0.15) is 4.98 Å². The Morgan fingerprint density at radius 2 is 2.21 bits per heavy atom. The van der Waals surface area contributed by atoms with Crippen LogP contribution >= 0.6 is 0 Å². The number of Topliss-reactive ketones (excluding diaryl/α,β-unsaturated/α-hetero) is 1. The molecule has 1 aliphatic rings. The maximum atomic E-state index is 11.5. The topological polar surface area (TPSA) is 89.2 Å². The lowest BCUT2D eigenvalue weighted by molar-refractivity contribution is -0.115. The molecule has 0 bridgehead atoms. The Bertz CT molecular complexity index is 484. The lowest BCUT2D eigenvalue weighted by atomic mass is 10.1. The van der Waals surface area contributed by atoms with Crippen LogP contribution in [-0.4, -0.2) is 34.6 Å². The summed E-state index contributed by atoms with van der Waals surface area (Å²) in [7, 11) is 0. The Morgan fingerprint density at radius 1 is 1.53 bits per heavy atom. The Labute approximate surface area is 112 Å². The molecule has 0 aromatic carbocycles. The summed E-state index contributed by atoms with van der Waals surface area (Å²) in [5, 5.41) is 0. The summed E-state index contributed by atoms with van der Waals surface area (Å²) in [6.45, 7) is 1.79. The molecule has 2 N–H and O–H groups in total. The predicted octanol–water partition coefficient (Wildman–Crippen LogP) is 1.21. The zero-order valence-corrected chi connectivity index (χ0v) is 11.0. The lowest BCUT2D eigenvalue weighted by Crippen LogP contribution is -2.38. The van der Waals surface area contributed by atoms with E-state index in [-0.39, 0.29) is 24.3 Å². The summed E-state index contributed by atoms with van der Waals surface area (Å²) >= 11 is 0. The quantitative estimate of drug-likeness (QED) is 0.802. The Kier molecular flexibility index (Phi) is 4.09. The van der Waals surface area contributed by atoms with Gasteiger partial charge in [0.05, 0.1) is 12.1 Å². The number of hydrogen-bond acceptors (Lipinski definition) is 6. The standard InChI is InChI=1S/C13H18N4O2/c1-9(19)7-17(11-4-2-3-5-11)12-10(8-18)6-15-13(14)16-12/h6,8,11H,2-5,7H2,1H3,(H2,14,15,16). The van der Waals surface area contributed by atoms with Crippen molar-refractivity contribution >= 4 is 23.8 Å². The van der Waals surface area contributed by atoms with E-state index in [1.54, 1.807) is 0 Å². The molecule has 1 heterocycles. The summed E-state index contributed by atoms with van der Waals surface area (Å²) in [5.74, 6) is 0.637. The van der Waals surface area contributed by atoms with E-state index < -0.39 is 0 Å². The smallest absolute Gasteiger partial charge is 0.221 e. The van der Waals surface area contributed by atoms with E-state index in [4.69, 9.17) is 5.73 Å². The van der Waals surface area contributed by atoms with Gasteiger partial charge in [0, 0.05) is 12.2 Å². The summed E-state index contributed by atoms with van der Waals surface area (Å²) in [6.07, 6.45) is 6.40. The molecule has 0 atom stereocenters. The number of aldehydes is 1. The first kappa shape index (κ1) is 13.5. The zero-order valence-electron chi connectivity index (χ0n) is 11.0. The van der Waals surface area contributed by atoms with Crippen LogP contribution in [0.25, 0.3) is 0 Å². The van der Waals surface area contributed by atoms with Crippen LogP contribution in [-0.2, 0) is 4.79 Å². The maximum Gasteiger partial charge on any atom is 0.221 e. The molecule has 0 radical (unpaired) electrons. The highest BCUT2D eigenvalue weighted by molar-refractivity contribution is 5.86. The van der Waals surface area contributed by atoms with Crippen LogP contribution in [0, 0.1) is 0 Å². The summed E-state index contributed by atoms with van der Waals surface area (Å²) in [4.78, 5) is 32.4. The number of nitrogens with zero attached hydrogens (tertiary/aromatic N) is 3. The average molecular weight is 262 g/mol. The molecule has 6 heteroatoms. The van der Waals surface area contributed by atoms with Crippen molar-refractivity contribution in [3.8, 4) is 0 Å². The van der Waals surface area contributed by atoms with E-state index in [2.05, 4.69) is 9.97 Å². The molecule has 0 unspecified atom stereocenters. The lowest BCUT2D eigenvalue weighted by Gasteiger charge is -2.29. The van der Waals surface area contributed by atoms with Crippen molar-refractivity contribution in [2.24, 2.45) is 0 Å². The average Bonchev–Trinajstić information content (AvgIpc) is 2.89. The number of carbonyl (C=O) groups excluding carboxylic acids is 2. The molecule has 0 amide bonds. The minimum atomic E-state index is 0.0425. The molecule has 1 aromatic rings. The first-order valence-corrected chi connectivity index (χ1v) is 6.45. The number of anilines is 2. The number of ketones is 1. The number of nitrogens with two attached hydrogens (primary N) is 1. The van der Waals surface area contributed by atoms with Crippen molar-refractivity contribution in [2.45, 2.75) is 38.6 Å². The molecule has 1 aromatic heterocycles. The van der Waals surface area contributed by atoms with Crippen LogP contribution in [0.5, 0.6) is 0 Å². The maximum absolute atomic E-state index is 11.5. The molecular formula is C13H18N4O2. The van der Waals surface area contributed by atoms with Crippen LogP contribution in [0.4, 0.5) is 11.8 Å². The van der Waals surface area contributed by atoms with Gasteiger partial charge < -0.3 is 10.6 Å². The van der Waals surface area contributed by atoms with Crippen molar-refractivity contribution in [3.63, 3.8) is 0 Å². The fraction of sp³-hybridized carbons (Fsp3) is 0.538. The second-order valence-corrected chi connectivity index (χ2v) is 4.89. The van der Waals surface area contributed by atoms with Crippen LogP contribution in [0.1, 0.15) is 43.0 Å². The largest absolute Gasteiger partial charge is 0.368 e. The van der Waals surface area contributed by atoms with Crippen LogP contribution in [0.3, 0.4) is 0 Å². The molecule has 1 saturated carbocycles. The van der Waals surface area contributed by atoms with Gasteiger partial charge in [0.2, 0.25) is 5.95 Å². The Balaban J connectivity index is 2.38. The van der Waals surface area contributed by atoms with Gasteiger partial charge >= 0.3 is 0 Å². The molecule has 1 fully saturated rings. The van der Waals surface area contributed by atoms with E-state index in [0.29, 0.717) is 17.7 Å². The van der Waals surface area contributed by atoms with E-state index in [1.807, 2.05) is 4.90 Å². The van der Waals surface area contributed by atoms with Crippen molar-refractivity contribution in [3.05, 3.63) is 11.8 Å². The van der Waals surface area contributed by atoms with Gasteiger partial charge in [0.15, 0.2) is 6.29 Å². The molecule has 102 valence electrons. The van der Waals surface area contributed by atoms with E-state index in [1.165, 1.54) is 13.1 Å². The zero-order chi connectivity index (χ0) is 13.8. The third kappa shape index (κ3) is 3.07. The molecular weight excluding hydrogens is 244 g/mol. The Morgan fingerprint density at radius 3 is 2.79 bits per heavy atom. The number of aromatic nitrogens is 2. The molecule has 6 nitrogen and oxygen atoms in total. The molecule has 19 heavy (non-hydrogen) atoms. The highest BCUT2D eigenvalue weighted by Gasteiger charge is 2.26. The van der Waals surface area contributed by atoms with Crippen molar-refractivity contribution in [1.29, 1.82) is 0 Å². The van der Waals surface area contributed by atoms with Gasteiger partial charge in [-0.05, 0) is 19.8 Å². The van der Waals surface area contributed by atoms with Gasteiger partial charge in [0.25, 0.3) is 0 Å². The Hall–Kier alpha value is -1.98. The first-order chi connectivity index (χ1) is 9.11. The van der Waals surface area contributed by atoms with Crippen molar-refractivity contribution in [1.82, 2.24) is 9.97 Å². The van der Waals surface area contributed by atoms with E-state index in [9.17, 15) is 9.59 Å². The fourth-order valence-corrected chi connectivity index (χ4v) is 2.54. The third-order valence-electron chi connectivity index (χ3n) is 3.37. The highest BCUT2D eigenvalue weighted by Crippen LogP contribution is 2.28. The predicted molar refractivity (Wildman–Crippen MR) is 72.1 cm³/mol. The van der Waals surface area contributed by atoms with Crippen molar-refractivity contribution in [2.75, 3.05) is 17.2 Å². The SMILES string of the molecule is CC(=O)CN(c1nc(N)ncc1C=O)C1CCCC1. The number of carbonyl (C=O) groups is 2. The summed E-state index contributed by atoms with van der Waals surface area (Å²) in [6, 6.07) is 0.247. The number of nitrogen functional groups attached to an aromatic ring is 1. The molecule has 0 saturated heterocycles. The van der Waals surface area contributed by atoms with Gasteiger partial charge in [-0.25, -0.2) is 4.98 Å².